The first-order valence-corrected chi connectivity index (χ1v) is 7.36. The molecule has 0 spiro atoms. The molecule has 0 amide bonds. The largest absolute Gasteiger partial charge is 0.441 e. The minimum atomic E-state index is -4.08. The highest BCUT2D eigenvalue weighted by Crippen LogP contribution is 2.30. The molecule has 0 aliphatic carbocycles. The fraction of sp³-hybridized carbons (Fsp3) is 1.00. The van der Waals surface area contributed by atoms with Gasteiger partial charge in [-0.1, -0.05) is 22.9 Å². The smallest absolute Gasteiger partial charge is 0.302 e. The van der Waals surface area contributed by atoms with Gasteiger partial charge in [-0.25, -0.2) is 0 Å². The summed E-state index contributed by atoms with van der Waals surface area (Å²) in [6.07, 6.45) is 2.17. The Morgan fingerprint density at radius 3 is 2.38 bits per heavy atom. The van der Waals surface area contributed by atoms with Crippen molar-refractivity contribution in [3.8, 4) is 0 Å². The summed E-state index contributed by atoms with van der Waals surface area (Å²) in [6, 6.07) is 0. The zero-order valence-electron chi connectivity index (χ0n) is 9.26. The summed E-state index contributed by atoms with van der Waals surface area (Å²) in [5.74, 6) is 0.824. The number of alkyl halides is 4. The van der Waals surface area contributed by atoms with E-state index >= 15 is 0 Å². The molecule has 0 radical (unpaired) electrons. The predicted molar refractivity (Wildman–Crippen MR) is 66.1 cm³/mol. The topological polar surface area (TPSA) is 3.24 Å². The Kier molecular flexibility index (Phi) is 5.94. The molecule has 1 aliphatic rings. The van der Waals surface area contributed by atoms with Crippen LogP contribution in [0.25, 0.3) is 0 Å². The summed E-state index contributed by atoms with van der Waals surface area (Å²) in [5, 5.41) is 0. The van der Waals surface area contributed by atoms with Gasteiger partial charge in [0.2, 0.25) is 0 Å². The third kappa shape index (κ3) is 5.77. The summed E-state index contributed by atoms with van der Waals surface area (Å²) in [7, 11) is 0. The molecule has 0 aromatic heterocycles. The summed E-state index contributed by atoms with van der Waals surface area (Å²) >= 11 is 3.65. The van der Waals surface area contributed by atoms with Crippen molar-refractivity contribution in [3.63, 3.8) is 0 Å². The van der Waals surface area contributed by atoms with E-state index in [0.717, 1.165) is 25.9 Å². The zero-order chi connectivity index (χ0) is 12.2. The Morgan fingerprint density at radius 1 is 1.38 bits per heavy atom. The molecule has 0 saturated carbocycles. The molecular formula is C10H17BrF3NS. The van der Waals surface area contributed by atoms with E-state index in [4.69, 9.17) is 0 Å². The van der Waals surface area contributed by atoms with Crippen molar-refractivity contribution in [3.05, 3.63) is 0 Å². The van der Waals surface area contributed by atoms with Crippen LogP contribution in [0.5, 0.6) is 0 Å². The molecule has 1 saturated heterocycles. The number of nitrogens with zero attached hydrogens (tertiary/aromatic N) is 1. The molecule has 1 fully saturated rings. The molecule has 0 aromatic rings. The van der Waals surface area contributed by atoms with Gasteiger partial charge in [0.1, 0.15) is 0 Å². The molecule has 1 atom stereocenters. The summed E-state index contributed by atoms with van der Waals surface area (Å²) in [5.41, 5.74) is -4.08. The van der Waals surface area contributed by atoms with Crippen LogP contribution in [-0.4, -0.2) is 40.6 Å². The molecule has 1 nitrogen and oxygen atoms in total. The minimum absolute atomic E-state index is 0.0834. The lowest BCUT2D eigenvalue weighted by Crippen LogP contribution is -2.37. The van der Waals surface area contributed by atoms with E-state index in [9.17, 15) is 13.2 Å². The van der Waals surface area contributed by atoms with Gasteiger partial charge in [-0.15, -0.1) is 0 Å². The maximum absolute atomic E-state index is 11.9. The van der Waals surface area contributed by atoms with Crippen molar-refractivity contribution in [2.24, 2.45) is 5.92 Å². The number of hydrogen-bond acceptors (Lipinski definition) is 2. The summed E-state index contributed by atoms with van der Waals surface area (Å²) in [6.45, 7) is 4.55. The minimum Gasteiger partial charge on any atom is -0.302 e. The van der Waals surface area contributed by atoms with Crippen molar-refractivity contribution in [2.75, 3.05) is 25.4 Å². The lowest BCUT2D eigenvalue weighted by atomic mass is 9.94. The van der Waals surface area contributed by atoms with Gasteiger partial charge in [0.05, 0.1) is 0 Å². The van der Waals surface area contributed by atoms with Crippen LogP contribution in [0.2, 0.25) is 0 Å². The van der Waals surface area contributed by atoms with Gasteiger partial charge in [-0.05, 0) is 43.6 Å². The van der Waals surface area contributed by atoms with E-state index in [1.807, 2.05) is 0 Å². The molecule has 1 aliphatic heterocycles. The number of halogens is 4. The van der Waals surface area contributed by atoms with Crippen molar-refractivity contribution < 1.29 is 13.2 Å². The van der Waals surface area contributed by atoms with Gasteiger partial charge in [0.25, 0.3) is 0 Å². The summed E-state index contributed by atoms with van der Waals surface area (Å²) < 4.78 is 35.7. The van der Waals surface area contributed by atoms with Gasteiger partial charge in [0.15, 0.2) is 0 Å². The van der Waals surface area contributed by atoms with Gasteiger partial charge < -0.3 is 4.90 Å². The number of piperidine rings is 1. The second-order valence-corrected chi connectivity index (χ2v) is 6.75. The zero-order valence-corrected chi connectivity index (χ0v) is 11.7. The first-order valence-electron chi connectivity index (χ1n) is 5.45. The first-order chi connectivity index (χ1) is 7.38. The van der Waals surface area contributed by atoms with Crippen molar-refractivity contribution in [1.82, 2.24) is 4.90 Å². The van der Waals surface area contributed by atoms with Crippen LogP contribution in [0.4, 0.5) is 13.2 Å². The second-order valence-electron chi connectivity index (χ2n) is 4.15. The fourth-order valence-electron chi connectivity index (χ4n) is 1.93. The van der Waals surface area contributed by atoms with Crippen LogP contribution in [0.1, 0.15) is 19.8 Å². The molecule has 1 heterocycles. The van der Waals surface area contributed by atoms with E-state index < -0.39 is 5.51 Å². The Labute approximate surface area is 107 Å². The highest BCUT2D eigenvalue weighted by molar-refractivity contribution is 9.09. The SMILES string of the molecule is CC(Br)C1CCN(CCSC(F)(F)F)CC1. The normalized spacial score (nSPS) is 22.3. The standard InChI is InChI=1S/C10H17BrF3NS/c1-8(11)9-2-4-15(5-3-9)6-7-16-10(12,13)14/h8-9H,2-7H2,1H3. The summed E-state index contributed by atoms with van der Waals surface area (Å²) in [4.78, 5) is 2.64. The van der Waals surface area contributed by atoms with Crippen LogP contribution in [0, 0.1) is 5.92 Å². The molecule has 96 valence electrons. The quantitative estimate of drug-likeness (QED) is 0.726. The lowest BCUT2D eigenvalue weighted by molar-refractivity contribution is -0.0329. The van der Waals surface area contributed by atoms with E-state index in [2.05, 4.69) is 27.8 Å². The average molecular weight is 320 g/mol. The van der Waals surface area contributed by atoms with Crippen LogP contribution in [0.15, 0.2) is 0 Å². The van der Waals surface area contributed by atoms with E-state index in [0.29, 0.717) is 17.3 Å². The average Bonchev–Trinajstić information content (AvgIpc) is 2.16. The highest BCUT2D eigenvalue weighted by Gasteiger charge is 2.28. The second kappa shape index (κ2) is 6.50. The predicted octanol–water partition coefficient (Wildman–Crippen LogP) is 3.73. The van der Waals surface area contributed by atoms with Gasteiger partial charge in [0, 0.05) is 17.1 Å². The third-order valence-electron chi connectivity index (χ3n) is 2.96. The maximum atomic E-state index is 11.9. The Hall–Kier alpha value is 0.580. The molecular weight excluding hydrogens is 303 g/mol. The maximum Gasteiger partial charge on any atom is 0.441 e. The van der Waals surface area contributed by atoms with Crippen molar-refractivity contribution in [2.45, 2.75) is 30.1 Å². The number of rotatable bonds is 4. The van der Waals surface area contributed by atoms with E-state index in [1.165, 1.54) is 0 Å². The number of likely N-dealkylation sites (tertiary alicyclic amines) is 1. The van der Waals surface area contributed by atoms with E-state index in [-0.39, 0.29) is 17.5 Å². The highest BCUT2D eigenvalue weighted by atomic mass is 79.9. The monoisotopic (exact) mass is 319 g/mol. The van der Waals surface area contributed by atoms with Gasteiger partial charge >= 0.3 is 5.51 Å². The molecule has 0 aromatic carbocycles. The van der Waals surface area contributed by atoms with Gasteiger partial charge in [-0.3, -0.25) is 0 Å². The van der Waals surface area contributed by atoms with Crippen molar-refractivity contribution in [1.29, 1.82) is 0 Å². The molecule has 1 unspecified atom stereocenters. The van der Waals surface area contributed by atoms with Crippen LogP contribution >= 0.6 is 27.7 Å². The van der Waals surface area contributed by atoms with Crippen LogP contribution in [0.3, 0.4) is 0 Å². The third-order valence-corrected chi connectivity index (χ3v) is 4.42. The fourth-order valence-corrected chi connectivity index (χ4v) is 3.04. The number of thioether (sulfide) groups is 1. The van der Waals surface area contributed by atoms with Crippen LogP contribution in [-0.2, 0) is 0 Å². The molecule has 16 heavy (non-hydrogen) atoms. The van der Waals surface area contributed by atoms with E-state index in [1.54, 1.807) is 0 Å². The first kappa shape index (κ1) is 14.6. The molecule has 0 N–H and O–H groups in total. The lowest BCUT2D eigenvalue weighted by Gasteiger charge is -2.33. The van der Waals surface area contributed by atoms with Crippen LogP contribution < -0.4 is 0 Å². The Balaban J connectivity index is 2.13. The molecule has 6 heteroatoms. The Bertz CT molecular complexity index is 203. The molecule has 1 rings (SSSR count). The Morgan fingerprint density at radius 2 is 1.94 bits per heavy atom. The van der Waals surface area contributed by atoms with Crippen molar-refractivity contribution >= 4 is 27.7 Å². The number of hydrogen-bond donors (Lipinski definition) is 0. The van der Waals surface area contributed by atoms with Gasteiger partial charge in [-0.2, -0.15) is 13.2 Å². The molecule has 0 bridgehead atoms.